The van der Waals surface area contributed by atoms with Gasteiger partial charge in [0.05, 0.1) is 18.1 Å². The van der Waals surface area contributed by atoms with Crippen molar-refractivity contribution >= 4 is 9.84 Å². The summed E-state index contributed by atoms with van der Waals surface area (Å²) in [6, 6.07) is 6.28. The number of fused-ring (bicyclic) bond motifs is 1. The van der Waals surface area contributed by atoms with E-state index in [9.17, 15) is 8.42 Å². The van der Waals surface area contributed by atoms with E-state index >= 15 is 0 Å². The van der Waals surface area contributed by atoms with Crippen LogP contribution in [0.15, 0.2) is 18.2 Å². The maximum atomic E-state index is 11.4. The zero-order chi connectivity index (χ0) is 14.0. The molecule has 4 nitrogen and oxygen atoms in total. The van der Waals surface area contributed by atoms with Crippen molar-refractivity contribution in [1.82, 2.24) is 5.32 Å². The first-order valence-electron chi connectivity index (χ1n) is 7.28. The van der Waals surface area contributed by atoms with Crippen LogP contribution in [-0.4, -0.2) is 33.1 Å². The first-order valence-corrected chi connectivity index (χ1v) is 9.10. The van der Waals surface area contributed by atoms with Gasteiger partial charge in [0.15, 0.2) is 0 Å². The molecule has 2 aliphatic heterocycles. The van der Waals surface area contributed by atoms with Crippen LogP contribution in [0.1, 0.15) is 24.0 Å². The van der Waals surface area contributed by atoms with Crippen LogP contribution in [0.4, 0.5) is 0 Å². The molecule has 0 spiro atoms. The first-order chi connectivity index (χ1) is 9.62. The van der Waals surface area contributed by atoms with E-state index in [0.29, 0.717) is 24.0 Å². The van der Waals surface area contributed by atoms with Crippen molar-refractivity contribution < 1.29 is 13.2 Å². The van der Waals surface area contributed by atoms with Gasteiger partial charge in [-0.2, -0.15) is 0 Å². The lowest BCUT2D eigenvalue weighted by molar-refractivity contribution is 0.238. The van der Waals surface area contributed by atoms with Gasteiger partial charge in [0.25, 0.3) is 0 Å². The van der Waals surface area contributed by atoms with Crippen molar-refractivity contribution in [3.8, 4) is 5.75 Å². The zero-order valence-corrected chi connectivity index (χ0v) is 12.4. The Morgan fingerprint density at radius 2 is 2.00 bits per heavy atom. The zero-order valence-electron chi connectivity index (χ0n) is 11.6. The summed E-state index contributed by atoms with van der Waals surface area (Å²) in [5.41, 5.74) is 2.72. The number of sulfone groups is 1. The van der Waals surface area contributed by atoms with Gasteiger partial charge in [-0.3, -0.25) is 0 Å². The number of benzene rings is 1. The highest BCUT2D eigenvalue weighted by Crippen LogP contribution is 2.23. The van der Waals surface area contributed by atoms with Crippen LogP contribution >= 0.6 is 0 Å². The molecule has 20 heavy (non-hydrogen) atoms. The fraction of sp³-hybridized carbons (Fsp3) is 0.600. The van der Waals surface area contributed by atoms with Gasteiger partial charge in [-0.25, -0.2) is 8.42 Å². The minimum Gasteiger partial charge on any atom is -0.493 e. The lowest BCUT2D eigenvalue weighted by Gasteiger charge is -2.23. The van der Waals surface area contributed by atoms with E-state index in [-0.39, 0.29) is 0 Å². The fourth-order valence-corrected chi connectivity index (χ4v) is 4.45. The van der Waals surface area contributed by atoms with Gasteiger partial charge in [0.2, 0.25) is 0 Å². The highest BCUT2D eigenvalue weighted by atomic mass is 32.2. The average Bonchev–Trinajstić information content (AvgIpc) is 2.46. The van der Waals surface area contributed by atoms with E-state index in [1.165, 1.54) is 11.1 Å². The van der Waals surface area contributed by atoms with Crippen LogP contribution in [0.3, 0.4) is 0 Å². The fourth-order valence-electron chi connectivity index (χ4n) is 2.86. The average molecular weight is 295 g/mol. The molecule has 0 radical (unpaired) electrons. The monoisotopic (exact) mass is 295 g/mol. The minimum absolute atomic E-state index is 0.316. The van der Waals surface area contributed by atoms with E-state index in [1.807, 2.05) is 6.07 Å². The van der Waals surface area contributed by atoms with Crippen molar-refractivity contribution in [3.05, 3.63) is 29.3 Å². The van der Waals surface area contributed by atoms with Crippen LogP contribution in [-0.2, 0) is 22.8 Å². The van der Waals surface area contributed by atoms with Gasteiger partial charge in [-0.1, -0.05) is 6.07 Å². The summed E-state index contributed by atoms with van der Waals surface area (Å²) in [7, 11) is -2.77. The number of ether oxygens (including phenoxy) is 1. The van der Waals surface area contributed by atoms with E-state index in [4.69, 9.17) is 4.74 Å². The normalized spacial score (nSPS) is 22.2. The maximum absolute atomic E-state index is 11.4. The van der Waals surface area contributed by atoms with Crippen LogP contribution < -0.4 is 10.1 Å². The van der Waals surface area contributed by atoms with E-state index in [1.54, 1.807) is 0 Å². The summed E-state index contributed by atoms with van der Waals surface area (Å²) in [5.74, 6) is 1.92. The molecule has 1 aromatic rings. The summed E-state index contributed by atoms with van der Waals surface area (Å²) >= 11 is 0. The number of rotatable bonds is 3. The lowest BCUT2D eigenvalue weighted by atomic mass is 10.0. The second-order valence-corrected chi connectivity index (χ2v) is 8.07. The third kappa shape index (κ3) is 3.33. The highest BCUT2D eigenvalue weighted by Gasteiger charge is 2.24. The summed E-state index contributed by atoms with van der Waals surface area (Å²) in [6.45, 7) is 2.60. The number of hydrogen-bond acceptors (Lipinski definition) is 4. The number of nitrogens with one attached hydrogen (secondary N) is 1. The van der Waals surface area contributed by atoms with Crippen molar-refractivity contribution in [2.75, 3.05) is 24.7 Å². The second-order valence-electron chi connectivity index (χ2n) is 5.76. The molecule has 0 amide bonds. The van der Waals surface area contributed by atoms with Gasteiger partial charge in [-0.15, -0.1) is 0 Å². The topological polar surface area (TPSA) is 55.4 Å². The molecule has 2 aliphatic rings. The standard InChI is InChI=1S/C15H21NO3S/c17-20(18)7-4-12(5-8-20)11-19-15-2-1-14-10-16-6-3-13(14)9-15/h1-2,9,12,16H,3-8,10-11H2. The second kappa shape index (κ2) is 5.74. The molecular formula is C15H21NO3S. The van der Waals surface area contributed by atoms with Gasteiger partial charge in [-0.05, 0) is 55.0 Å². The Balaban J connectivity index is 1.56. The van der Waals surface area contributed by atoms with Crippen molar-refractivity contribution in [2.24, 2.45) is 5.92 Å². The molecule has 0 bridgehead atoms. The summed E-state index contributed by atoms with van der Waals surface area (Å²) in [5, 5.41) is 3.35. The molecule has 1 aromatic carbocycles. The molecular weight excluding hydrogens is 274 g/mol. The molecule has 1 N–H and O–H groups in total. The largest absolute Gasteiger partial charge is 0.493 e. The predicted molar refractivity (Wildman–Crippen MR) is 78.7 cm³/mol. The molecule has 1 saturated heterocycles. The summed E-state index contributed by atoms with van der Waals surface area (Å²) < 4.78 is 28.6. The van der Waals surface area contributed by atoms with E-state index in [2.05, 4.69) is 17.4 Å². The molecule has 0 aliphatic carbocycles. The highest BCUT2D eigenvalue weighted by molar-refractivity contribution is 7.91. The molecule has 0 saturated carbocycles. The van der Waals surface area contributed by atoms with Gasteiger partial charge in [0, 0.05) is 6.54 Å². The van der Waals surface area contributed by atoms with Crippen LogP contribution in [0.2, 0.25) is 0 Å². The van der Waals surface area contributed by atoms with Crippen molar-refractivity contribution in [2.45, 2.75) is 25.8 Å². The van der Waals surface area contributed by atoms with Crippen molar-refractivity contribution in [3.63, 3.8) is 0 Å². The lowest BCUT2D eigenvalue weighted by Crippen LogP contribution is -2.27. The quantitative estimate of drug-likeness (QED) is 0.919. The molecule has 1 fully saturated rings. The van der Waals surface area contributed by atoms with Crippen LogP contribution in [0.5, 0.6) is 5.75 Å². The molecule has 0 unspecified atom stereocenters. The molecule has 5 heteroatoms. The molecule has 0 aromatic heterocycles. The van der Waals surface area contributed by atoms with E-state index in [0.717, 1.165) is 38.1 Å². The Bertz CT molecular complexity index is 569. The van der Waals surface area contributed by atoms with Crippen LogP contribution in [0.25, 0.3) is 0 Å². The van der Waals surface area contributed by atoms with Gasteiger partial charge >= 0.3 is 0 Å². The Morgan fingerprint density at radius 3 is 2.80 bits per heavy atom. The Labute approximate surface area is 120 Å². The summed E-state index contributed by atoms with van der Waals surface area (Å²) in [6.07, 6.45) is 2.52. The number of hydrogen-bond donors (Lipinski definition) is 1. The smallest absolute Gasteiger partial charge is 0.150 e. The Hall–Kier alpha value is -1.07. The third-order valence-electron chi connectivity index (χ3n) is 4.22. The molecule has 3 rings (SSSR count). The first kappa shape index (κ1) is 13.9. The Morgan fingerprint density at radius 1 is 1.20 bits per heavy atom. The Kier molecular flexibility index (Phi) is 3.98. The molecule has 0 atom stereocenters. The van der Waals surface area contributed by atoms with Gasteiger partial charge in [0.1, 0.15) is 15.6 Å². The molecule has 110 valence electrons. The maximum Gasteiger partial charge on any atom is 0.150 e. The summed E-state index contributed by atoms with van der Waals surface area (Å²) in [4.78, 5) is 0. The van der Waals surface area contributed by atoms with E-state index < -0.39 is 9.84 Å². The van der Waals surface area contributed by atoms with Crippen LogP contribution in [0, 0.1) is 5.92 Å². The van der Waals surface area contributed by atoms with Crippen molar-refractivity contribution in [1.29, 1.82) is 0 Å². The molecule has 2 heterocycles. The third-order valence-corrected chi connectivity index (χ3v) is 5.94. The minimum atomic E-state index is -2.77. The van der Waals surface area contributed by atoms with Gasteiger partial charge < -0.3 is 10.1 Å². The SMILES string of the molecule is O=S1(=O)CCC(COc2ccc3c(c2)CCNC3)CC1. The predicted octanol–water partition coefficient (Wildman–Crippen LogP) is 1.54.